The maximum absolute atomic E-state index is 12.0. The van der Waals surface area contributed by atoms with Gasteiger partial charge in [0.15, 0.2) is 0 Å². The van der Waals surface area contributed by atoms with Gasteiger partial charge in [0.1, 0.15) is 5.82 Å². The van der Waals surface area contributed by atoms with Gasteiger partial charge in [0.05, 0.1) is 11.3 Å². The lowest BCUT2D eigenvalue weighted by Gasteiger charge is -2.10. The van der Waals surface area contributed by atoms with Crippen LogP contribution in [0.1, 0.15) is 11.1 Å². The van der Waals surface area contributed by atoms with E-state index in [0.717, 1.165) is 21.4 Å². The minimum atomic E-state index is -0.0896. The Bertz CT molecular complexity index is 862. The monoisotopic (exact) mass is 337 g/mol. The van der Waals surface area contributed by atoms with Crippen molar-refractivity contribution in [2.75, 3.05) is 11.2 Å². The van der Waals surface area contributed by atoms with Crippen LogP contribution in [0, 0.1) is 13.8 Å². The first-order valence-corrected chi connectivity index (χ1v) is 8.71. The molecule has 0 spiro atoms. The molecular weight excluding hydrogens is 318 g/mol. The third-order valence-electron chi connectivity index (χ3n) is 3.64. The maximum Gasteiger partial charge on any atom is 0.248 e. The van der Waals surface area contributed by atoms with Gasteiger partial charge in [-0.15, -0.1) is 11.8 Å². The number of hydrazine groups is 1. The molecule has 0 bridgehead atoms. The molecule has 0 unspecified atom stereocenters. The first kappa shape index (κ1) is 16.3. The van der Waals surface area contributed by atoms with Gasteiger partial charge in [0.2, 0.25) is 5.91 Å². The number of pyridine rings is 1. The molecule has 1 amide bonds. The Morgan fingerprint density at radius 2 is 1.83 bits per heavy atom. The number of nitrogens with one attached hydrogen (secondary N) is 2. The van der Waals surface area contributed by atoms with Crippen LogP contribution in [0.4, 0.5) is 5.82 Å². The van der Waals surface area contributed by atoms with Crippen molar-refractivity contribution in [3.8, 4) is 0 Å². The summed E-state index contributed by atoms with van der Waals surface area (Å²) in [5.41, 5.74) is 8.83. The highest BCUT2D eigenvalue weighted by molar-refractivity contribution is 8.00. The van der Waals surface area contributed by atoms with Crippen LogP contribution in [-0.4, -0.2) is 16.6 Å². The molecule has 24 heavy (non-hydrogen) atoms. The molecule has 5 heteroatoms. The summed E-state index contributed by atoms with van der Waals surface area (Å²) < 4.78 is 0. The van der Waals surface area contributed by atoms with Crippen LogP contribution in [0.5, 0.6) is 0 Å². The quantitative estimate of drug-likeness (QED) is 0.544. The first-order valence-electron chi connectivity index (χ1n) is 7.72. The number of nitrogens with zero attached hydrogens (tertiary/aromatic N) is 1. The summed E-state index contributed by atoms with van der Waals surface area (Å²) in [5, 5.41) is 1.12. The number of hydrogen-bond acceptors (Lipinski definition) is 4. The number of amides is 1. The topological polar surface area (TPSA) is 54.0 Å². The van der Waals surface area contributed by atoms with Crippen LogP contribution in [0.2, 0.25) is 0 Å². The number of anilines is 1. The van der Waals surface area contributed by atoms with Crippen molar-refractivity contribution in [2.45, 2.75) is 18.7 Å². The van der Waals surface area contributed by atoms with Gasteiger partial charge in [-0.05, 0) is 43.7 Å². The van der Waals surface area contributed by atoms with Crippen LogP contribution in [-0.2, 0) is 4.79 Å². The molecule has 2 aromatic carbocycles. The molecule has 122 valence electrons. The van der Waals surface area contributed by atoms with E-state index in [-0.39, 0.29) is 5.91 Å². The van der Waals surface area contributed by atoms with Gasteiger partial charge < -0.3 is 0 Å². The molecule has 1 aromatic heterocycles. The maximum atomic E-state index is 12.0. The highest BCUT2D eigenvalue weighted by Crippen LogP contribution is 2.20. The third-order valence-corrected chi connectivity index (χ3v) is 4.66. The fourth-order valence-electron chi connectivity index (χ4n) is 2.37. The van der Waals surface area contributed by atoms with Gasteiger partial charge in [-0.25, -0.2) is 4.98 Å². The SMILES string of the molecule is Cc1ccc(SCC(=O)NNc2cc(C)c3ccccc3n2)cc1. The molecule has 4 nitrogen and oxygen atoms in total. The molecule has 0 saturated carbocycles. The van der Waals surface area contributed by atoms with Crippen molar-refractivity contribution < 1.29 is 4.79 Å². The third kappa shape index (κ3) is 4.06. The minimum absolute atomic E-state index is 0.0896. The van der Waals surface area contributed by atoms with E-state index >= 15 is 0 Å². The number of aromatic nitrogens is 1. The van der Waals surface area contributed by atoms with E-state index in [4.69, 9.17) is 0 Å². The highest BCUT2D eigenvalue weighted by Gasteiger charge is 2.05. The molecule has 0 radical (unpaired) electrons. The van der Waals surface area contributed by atoms with Crippen molar-refractivity contribution in [3.05, 3.63) is 65.7 Å². The Balaban J connectivity index is 1.57. The van der Waals surface area contributed by atoms with Crippen molar-refractivity contribution in [2.24, 2.45) is 0 Å². The summed E-state index contributed by atoms with van der Waals surface area (Å²) in [6, 6.07) is 18.0. The number of benzene rings is 2. The Hall–Kier alpha value is -2.53. The number of para-hydroxylation sites is 1. The number of hydrogen-bond donors (Lipinski definition) is 2. The predicted octanol–water partition coefficient (Wildman–Crippen LogP) is 4.09. The number of carbonyl (C=O) groups is 1. The Morgan fingerprint density at radius 3 is 2.62 bits per heavy atom. The van der Waals surface area contributed by atoms with E-state index < -0.39 is 0 Å². The summed E-state index contributed by atoms with van der Waals surface area (Å²) in [7, 11) is 0. The molecule has 0 atom stereocenters. The Labute approximate surface area is 145 Å². The van der Waals surface area contributed by atoms with E-state index in [1.807, 2.05) is 68.4 Å². The van der Waals surface area contributed by atoms with Gasteiger partial charge in [-0.1, -0.05) is 35.9 Å². The van der Waals surface area contributed by atoms with E-state index in [9.17, 15) is 4.79 Å². The van der Waals surface area contributed by atoms with E-state index in [1.54, 1.807) is 0 Å². The summed E-state index contributed by atoms with van der Waals surface area (Å²) in [6.45, 7) is 4.08. The first-order chi connectivity index (χ1) is 11.6. The average molecular weight is 337 g/mol. The lowest BCUT2D eigenvalue weighted by Crippen LogP contribution is -2.31. The molecule has 3 rings (SSSR count). The van der Waals surface area contributed by atoms with Crippen LogP contribution >= 0.6 is 11.8 Å². The van der Waals surface area contributed by atoms with Crippen molar-refractivity contribution >= 4 is 34.4 Å². The van der Waals surface area contributed by atoms with E-state index in [2.05, 4.69) is 15.8 Å². The summed E-state index contributed by atoms with van der Waals surface area (Å²) in [4.78, 5) is 17.6. The molecule has 0 saturated heterocycles. The molecule has 0 aliphatic heterocycles. The zero-order valence-corrected chi connectivity index (χ0v) is 14.5. The molecule has 0 aliphatic rings. The van der Waals surface area contributed by atoms with Gasteiger partial charge in [0, 0.05) is 10.3 Å². The second-order valence-electron chi connectivity index (χ2n) is 5.62. The largest absolute Gasteiger partial charge is 0.282 e. The highest BCUT2D eigenvalue weighted by atomic mass is 32.2. The molecule has 1 heterocycles. The van der Waals surface area contributed by atoms with Crippen molar-refractivity contribution in [3.63, 3.8) is 0 Å². The Morgan fingerprint density at radius 1 is 1.08 bits per heavy atom. The van der Waals surface area contributed by atoms with Gasteiger partial charge in [0.25, 0.3) is 0 Å². The van der Waals surface area contributed by atoms with Crippen molar-refractivity contribution in [1.82, 2.24) is 10.4 Å². The normalized spacial score (nSPS) is 10.6. The van der Waals surface area contributed by atoms with Gasteiger partial charge in [-0.3, -0.25) is 15.6 Å². The lowest BCUT2D eigenvalue weighted by molar-refractivity contribution is -0.118. The average Bonchev–Trinajstić information content (AvgIpc) is 2.59. The van der Waals surface area contributed by atoms with E-state index in [1.165, 1.54) is 17.3 Å². The van der Waals surface area contributed by atoms with Crippen molar-refractivity contribution in [1.29, 1.82) is 0 Å². The Kier molecular flexibility index (Phi) is 5.01. The van der Waals surface area contributed by atoms with E-state index in [0.29, 0.717) is 11.6 Å². The van der Waals surface area contributed by atoms with Crippen LogP contribution < -0.4 is 10.9 Å². The van der Waals surface area contributed by atoms with Crippen LogP contribution in [0.25, 0.3) is 10.9 Å². The summed E-state index contributed by atoms with van der Waals surface area (Å²) in [5.74, 6) is 0.899. The molecule has 0 aliphatic carbocycles. The zero-order chi connectivity index (χ0) is 16.9. The fourth-order valence-corrected chi connectivity index (χ4v) is 3.07. The predicted molar refractivity (Wildman–Crippen MR) is 100 cm³/mol. The van der Waals surface area contributed by atoms with Gasteiger partial charge in [-0.2, -0.15) is 0 Å². The molecule has 3 aromatic rings. The summed E-state index contributed by atoms with van der Waals surface area (Å²) >= 11 is 1.51. The fraction of sp³-hybridized carbons (Fsp3) is 0.158. The number of carbonyl (C=O) groups excluding carboxylic acids is 1. The standard InChI is InChI=1S/C19H19N3OS/c1-13-7-9-15(10-8-13)24-12-19(23)22-21-18-11-14(2)16-5-3-4-6-17(16)20-18/h3-11H,12H2,1-2H3,(H,20,21)(H,22,23). The van der Waals surface area contributed by atoms with Crippen LogP contribution in [0.3, 0.4) is 0 Å². The zero-order valence-electron chi connectivity index (χ0n) is 13.7. The number of aryl methyl sites for hydroxylation is 2. The number of rotatable bonds is 5. The second-order valence-corrected chi connectivity index (χ2v) is 6.67. The van der Waals surface area contributed by atoms with Gasteiger partial charge >= 0.3 is 0 Å². The lowest BCUT2D eigenvalue weighted by atomic mass is 10.1. The molecular formula is C19H19N3OS. The molecule has 2 N–H and O–H groups in total. The van der Waals surface area contributed by atoms with Crippen LogP contribution in [0.15, 0.2) is 59.5 Å². The minimum Gasteiger partial charge on any atom is -0.282 e. The smallest absolute Gasteiger partial charge is 0.248 e. The summed E-state index contributed by atoms with van der Waals surface area (Å²) in [6.07, 6.45) is 0. The second kappa shape index (κ2) is 7.36. The number of fused-ring (bicyclic) bond motifs is 1. The number of thioether (sulfide) groups is 1. The molecule has 0 fully saturated rings.